The van der Waals surface area contributed by atoms with Crippen molar-refractivity contribution in [2.45, 2.75) is 32.3 Å². The highest BCUT2D eigenvalue weighted by Crippen LogP contribution is 2.33. The van der Waals surface area contributed by atoms with Crippen LogP contribution in [0.4, 0.5) is 0 Å². The first-order valence-corrected chi connectivity index (χ1v) is 5.96. The van der Waals surface area contributed by atoms with Crippen molar-refractivity contribution in [3.05, 3.63) is 21.4 Å². The number of thiophene rings is 1. The van der Waals surface area contributed by atoms with Crippen LogP contribution < -0.4 is 0 Å². The van der Waals surface area contributed by atoms with Gasteiger partial charge in [-0.15, -0.1) is 11.3 Å². The monoisotopic (exact) mass is 226 g/mol. The van der Waals surface area contributed by atoms with Crippen molar-refractivity contribution >= 4 is 17.3 Å². The molecule has 0 radical (unpaired) electrons. The molecule has 0 aromatic carbocycles. The highest BCUT2D eigenvalue weighted by molar-refractivity contribution is 7.12. The number of ether oxygens (including phenoxy) is 1. The van der Waals surface area contributed by atoms with E-state index in [9.17, 15) is 4.79 Å². The van der Waals surface area contributed by atoms with Gasteiger partial charge in [-0.3, -0.25) is 4.79 Å². The fourth-order valence-corrected chi connectivity index (χ4v) is 3.17. The SMILES string of the molecule is CCC(C(=O)O)c1cc2c(s1)CCOC2. The Hall–Kier alpha value is -0.870. The van der Waals surface area contributed by atoms with Crippen molar-refractivity contribution in [2.75, 3.05) is 6.61 Å². The predicted molar refractivity (Wildman–Crippen MR) is 58.3 cm³/mol. The van der Waals surface area contributed by atoms with E-state index in [1.165, 1.54) is 10.4 Å². The summed E-state index contributed by atoms with van der Waals surface area (Å²) in [4.78, 5) is 13.3. The molecular weight excluding hydrogens is 212 g/mol. The van der Waals surface area contributed by atoms with Crippen LogP contribution >= 0.6 is 11.3 Å². The quantitative estimate of drug-likeness (QED) is 0.860. The van der Waals surface area contributed by atoms with Crippen LogP contribution in [0.15, 0.2) is 6.07 Å². The summed E-state index contributed by atoms with van der Waals surface area (Å²) in [7, 11) is 0. The lowest BCUT2D eigenvalue weighted by Crippen LogP contribution is -2.08. The number of hydrogen-bond acceptors (Lipinski definition) is 3. The maximum absolute atomic E-state index is 11.0. The molecular formula is C11H14O3S. The lowest BCUT2D eigenvalue weighted by atomic mass is 10.0. The first-order valence-electron chi connectivity index (χ1n) is 5.14. The molecule has 0 saturated heterocycles. The van der Waals surface area contributed by atoms with E-state index in [0.29, 0.717) is 13.0 Å². The summed E-state index contributed by atoms with van der Waals surface area (Å²) >= 11 is 1.64. The van der Waals surface area contributed by atoms with Gasteiger partial charge in [0.25, 0.3) is 0 Å². The summed E-state index contributed by atoms with van der Waals surface area (Å²) in [6.07, 6.45) is 1.58. The normalized spacial score (nSPS) is 17.1. The highest BCUT2D eigenvalue weighted by atomic mass is 32.1. The Morgan fingerprint density at radius 2 is 2.53 bits per heavy atom. The van der Waals surface area contributed by atoms with E-state index in [2.05, 4.69) is 0 Å². The Morgan fingerprint density at radius 3 is 3.13 bits per heavy atom. The van der Waals surface area contributed by atoms with Gasteiger partial charge in [0.2, 0.25) is 0 Å². The van der Waals surface area contributed by atoms with Crippen LogP contribution in [-0.4, -0.2) is 17.7 Å². The molecule has 0 aliphatic carbocycles. The van der Waals surface area contributed by atoms with E-state index >= 15 is 0 Å². The molecule has 2 heterocycles. The van der Waals surface area contributed by atoms with Gasteiger partial charge in [0.05, 0.1) is 19.1 Å². The number of carbonyl (C=O) groups is 1. The fourth-order valence-electron chi connectivity index (χ4n) is 1.84. The number of aliphatic carboxylic acids is 1. The minimum atomic E-state index is -0.725. The summed E-state index contributed by atoms with van der Waals surface area (Å²) in [5, 5.41) is 9.06. The average molecular weight is 226 g/mol. The third kappa shape index (κ3) is 2.06. The number of fused-ring (bicyclic) bond motifs is 1. The zero-order chi connectivity index (χ0) is 10.8. The molecule has 1 aromatic heterocycles. The van der Waals surface area contributed by atoms with Crippen molar-refractivity contribution in [2.24, 2.45) is 0 Å². The maximum Gasteiger partial charge on any atom is 0.311 e. The fraction of sp³-hybridized carbons (Fsp3) is 0.545. The Kier molecular flexibility index (Phi) is 3.07. The summed E-state index contributed by atoms with van der Waals surface area (Å²) in [6.45, 7) is 3.31. The first kappa shape index (κ1) is 10.6. The van der Waals surface area contributed by atoms with E-state index in [0.717, 1.165) is 17.9 Å². The predicted octanol–water partition coefficient (Wildman–Crippen LogP) is 2.40. The molecule has 1 atom stereocenters. The van der Waals surface area contributed by atoms with Crippen LogP contribution in [0.5, 0.6) is 0 Å². The molecule has 15 heavy (non-hydrogen) atoms. The third-order valence-electron chi connectivity index (χ3n) is 2.70. The molecule has 1 N–H and O–H groups in total. The second kappa shape index (κ2) is 4.33. The van der Waals surface area contributed by atoms with Gasteiger partial charge in [-0.25, -0.2) is 0 Å². The van der Waals surface area contributed by atoms with Crippen LogP contribution in [0.3, 0.4) is 0 Å². The second-order valence-electron chi connectivity index (χ2n) is 3.70. The van der Waals surface area contributed by atoms with Crippen molar-refractivity contribution in [1.29, 1.82) is 0 Å². The van der Waals surface area contributed by atoms with Crippen molar-refractivity contribution < 1.29 is 14.6 Å². The molecule has 0 bridgehead atoms. The summed E-state index contributed by atoms with van der Waals surface area (Å²) < 4.78 is 5.34. The van der Waals surface area contributed by atoms with Crippen LogP contribution in [0, 0.1) is 0 Å². The van der Waals surface area contributed by atoms with Gasteiger partial charge < -0.3 is 9.84 Å². The van der Waals surface area contributed by atoms with Crippen molar-refractivity contribution in [3.63, 3.8) is 0 Å². The zero-order valence-electron chi connectivity index (χ0n) is 8.66. The number of carboxylic acids is 1. The van der Waals surface area contributed by atoms with E-state index < -0.39 is 5.97 Å². The van der Waals surface area contributed by atoms with Gasteiger partial charge in [0.1, 0.15) is 0 Å². The molecule has 1 aromatic rings. The largest absolute Gasteiger partial charge is 0.481 e. The second-order valence-corrected chi connectivity index (χ2v) is 4.87. The summed E-state index contributed by atoms with van der Waals surface area (Å²) in [5.41, 5.74) is 1.18. The van der Waals surface area contributed by atoms with Gasteiger partial charge in [-0.2, -0.15) is 0 Å². The molecule has 1 aliphatic rings. The Bertz CT molecular complexity index is 346. The standard InChI is InChI=1S/C11H14O3S/c1-2-8(11(12)13)10-5-7-6-14-4-3-9(7)15-10/h5,8H,2-4,6H2,1H3,(H,12,13). The van der Waals surface area contributed by atoms with Crippen LogP contribution in [0.1, 0.15) is 34.6 Å². The Balaban J connectivity index is 2.28. The zero-order valence-corrected chi connectivity index (χ0v) is 9.47. The Morgan fingerprint density at radius 1 is 1.73 bits per heavy atom. The van der Waals surface area contributed by atoms with Gasteiger partial charge in [0, 0.05) is 16.2 Å². The molecule has 0 saturated carbocycles. The first-order chi connectivity index (χ1) is 7.22. The minimum Gasteiger partial charge on any atom is -0.481 e. The van der Waals surface area contributed by atoms with Crippen LogP contribution in [0.2, 0.25) is 0 Å². The highest BCUT2D eigenvalue weighted by Gasteiger charge is 2.22. The molecule has 4 heteroatoms. The third-order valence-corrected chi connectivity index (χ3v) is 4.05. The summed E-state index contributed by atoms with van der Waals surface area (Å²) in [5.74, 6) is -1.07. The topological polar surface area (TPSA) is 46.5 Å². The van der Waals surface area contributed by atoms with Crippen molar-refractivity contribution in [3.8, 4) is 0 Å². The molecule has 1 aliphatic heterocycles. The van der Waals surface area contributed by atoms with E-state index in [1.807, 2.05) is 13.0 Å². The maximum atomic E-state index is 11.0. The molecule has 0 amide bonds. The minimum absolute atomic E-state index is 0.347. The number of rotatable bonds is 3. The van der Waals surface area contributed by atoms with Crippen LogP contribution in [-0.2, 0) is 22.6 Å². The molecule has 0 spiro atoms. The van der Waals surface area contributed by atoms with Gasteiger partial charge in [0.15, 0.2) is 0 Å². The molecule has 1 unspecified atom stereocenters. The van der Waals surface area contributed by atoms with E-state index in [-0.39, 0.29) is 5.92 Å². The molecule has 82 valence electrons. The van der Waals surface area contributed by atoms with Crippen molar-refractivity contribution in [1.82, 2.24) is 0 Å². The Labute approximate surface area is 92.7 Å². The molecule has 2 rings (SSSR count). The van der Waals surface area contributed by atoms with Gasteiger partial charge >= 0.3 is 5.97 Å². The molecule has 0 fully saturated rings. The van der Waals surface area contributed by atoms with Crippen LogP contribution in [0.25, 0.3) is 0 Å². The molecule has 3 nitrogen and oxygen atoms in total. The van der Waals surface area contributed by atoms with Gasteiger partial charge in [-0.1, -0.05) is 6.92 Å². The summed E-state index contributed by atoms with van der Waals surface area (Å²) in [6, 6.07) is 2.00. The van der Waals surface area contributed by atoms with E-state index in [4.69, 9.17) is 9.84 Å². The lowest BCUT2D eigenvalue weighted by molar-refractivity contribution is -0.138. The number of carboxylic acid groups (broad SMARTS) is 1. The van der Waals surface area contributed by atoms with Gasteiger partial charge in [-0.05, 0) is 18.1 Å². The van der Waals surface area contributed by atoms with E-state index in [1.54, 1.807) is 11.3 Å². The average Bonchev–Trinajstić information content (AvgIpc) is 2.61. The smallest absolute Gasteiger partial charge is 0.311 e. The lowest BCUT2D eigenvalue weighted by Gasteiger charge is -2.10. The number of hydrogen-bond donors (Lipinski definition) is 1.